The van der Waals surface area contributed by atoms with Crippen molar-refractivity contribution in [1.82, 2.24) is 0 Å². The summed E-state index contributed by atoms with van der Waals surface area (Å²) in [6.45, 7) is 2.21. The van der Waals surface area contributed by atoms with Gasteiger partial charge in [-0.1, -0.05) is 62.2 Å². The molecule has 25 heavy (non-hydrogen) atoms. The Morgan fingerprint density at radius 3 is 2.28 bits per heavy atom. The quantitative estimate of drug-likeness (QED) is 0.799. The summed E-state index contributed by atoms with van der Waals surface area (Å²) >= 11 is 0. The van der Waals surface area contributed by atoms with Crippen LogP contribution in [0.1, 0.15) is 56.9 Å². The maximum atomic E-state index is 15.2. The minimum absolute atomic E-state index is 0.000573. The molecule has 2 nitrogen and oxygen atoms in total. The smallest absolute Gasteiger partial charge is 0.423 e. The van der Waals surface area contributed by atoms with E-state index in [1.807, 2.05) is 42.5 Å². The van der Waals surface area contributed by atoms with Crippen molar-refractivity contribution in [3.63, 3.8) is 0 Å². The van der Waals surface area contributed by atoms with E-state index in [9.17, 15) is 10.0 Å². The Morgan fingerprint density at radius 1 is 1.00 bits per heavy atom. The molecular formula is C21H26BFO2. The Bertz CT molecular complexity index is 695. The number of rotatable bonds is 5. The van der Waals surface area contributed by atoms with Gasteiger partial charge in [-0.15, -0.1) is 0 Å². The molecule has 0 spiro atoms. The summed E-state index contributed by atoms with van der Waals surface area (Å²) in [7, 11) is -1.81. The Hall–Kier alpha value is -1.65. The number of halogens is 1. The predicted molar refractivity (Wildman–Crippen MR) is 101 cm³/mol. The highest BCUT2D eigenvalue weighted by molar-refractivity contribution is 6.60. The Labute approximate surface area is 149 Å². The average Bonchev–Trinajstić information content (AvgIpc) is 2.63. The summed E-state index contributed by atoms with van der Waals surface area (Å²) in [5.74, 6) is 0.488. The molecule has 0 atom stereocenters. The Kier molecular flexibility index (Phi) is 5.92. The minimum atomic E-state index is -1.81. The van der Waals surface area contributed by atoms with Crippen LogP contribution >= 0.6 is 0 Å². The average molecular weight is 340 g/mol. The maximum Gasteiger partial charge on any atom is 0.492 e. The summed E-state index contributed by atoms with van der Waals surface area (Å²) < 4.78 is 15.2. The van der Waals surface area contributed by atoms with E-state index >= 15 is 4.39 Å². The molecule has 1 aliphatic rings. The van der Waals surface area contributed by atoms with Crippen molar-refractivity contribution in [3.05, 3.63) is 53.8 Å². The molecule has 0 unspecified atom stereocenters. The second-order valence-corrected chi connectivity index (χ2v) is 7.18. The van der Waals surface area contributed by atoms with Crippen LogP contribution in [0.2, 0.25) is 0 Å². The summed E-state index contributed by atoms with van der Waals surface area (Å²) in [5, 5.41) is 19.6. The van der Waals surface area contributed by atoms with Crippen LogP contribution in [0.4, 0.5) is 4.39 Å². The van der Waals surface area contributed by atoms with Crippen LogP contribution < -0.4 is 5.46 Å². The maximum absolute atomic E-state index is 15.2. The molecule has 3 rings (SSSR count). The molecular weight excluding hydrogens is 314 g/mol. The van der Waals surface area contributed by atoms with E-state index in [0.29, 0.717) is 11.1 Å². The first-order chi connectivity index (χ1) is 12.1. The van der Waals surface area contributed by atoms with Gasteiger partial charge in [0.25, 0.3) is 0 Å². The van der Waals surface area contributed by atoms with Gasteiger partial charge in [0.15, 0.2) is 0 Å². The van der Waals surface area contributed by atoms with Crippen molar-refractivity contribution in [2.45, 2.75) is 51.4 Å². The van der Waals surface area contributed by atoms with Gasteiger partial charge in [-0.05, 0) is 54.2 Å². The third kappa shape index (κ3) is 3.96. The van der Waals surface area contributed by atoms with Crippen LogP contribution in [0.5, 0.6) is 0 Å². The monoisotopic (exact) mass is 340 g/mol. The summed E-state index contributed by atoms with van der Waals surface area (Å²) in [5.41, 5.74) is 1.98. The molecule has 1 fully saturated rings. The van der Waals surface area contributed by atoms with E-state index in [4.69, 9.17) is 0 Å². The lowest BCUT2D eigenvalue weighted by molar-refractivity contribution is 0.304. The summed E-state index contributed by atoms with van der Waals surface area (Å²) in [6.07, 6.45) is 6.68. The molecule has 0 radical (unpaired) electrons. The molecule has 0 aromatic heterocycles. The highest BCUT2D eigenvalue weighted by Gasteiger charge is 2.29. The first kappa shape index (κ1) is 18.2. The zero-order valence-electron chi connectivity index (χ0n) is 14.8. The normalized spacial score (nSPS) is 20.5. The lowest BCUT2D eigenvalue weighted by Crippen LogP contribution is -2.36. The zero-order chi connectivity index (χ0) is 17.8. The van der Waals surface area contributed by atoms with E-state index in [-0.39, 0.29) is 11.4 Å². The molecule has 0 aliphatic heterocycles. The molecule has 2 aromatic carbocycles. The zero-order valence-corrected chi connectivity index (χ0v) is 14.8. The number of benzene rings is 2. The standard InChI is InChI=1S/C21H26BFO2/c1-2-6-15-9-11-17(12-10-15)19-14-13-18(16-7-4-3-5-8-16)20(21(19)23)22(24)25/h3-5,7-8,13-15,17,24-25H,2,6,9-12H2,1H3. The molecule has 0 heterocycles. The van der Waals surface area contributed by atoms with Crippen molar-refractivity contribution < 1.29 is 14.4 Å². The van der Waals surface area contributed by atoms with Crippen molar-refractivity contribution in [1.29, 1.82) is 0 Å². The van der Waals surface area contributed by atoms with Gasteiger partial charge in [0.1, 0.15) is 5.82 Å². The van der Waals surface area contributed by atoms with Gasteiger partial charge in [0, 0.05) is 5.46 Å². The second-order valence-electron chi connectivity index (χ2n) is 7.18. The largest absolute Gasteiger partial charge is 0.492 e. The van der Waals surface area contributed by atoms with Crippen molar-refractivity contribution in [2.75, 3.05) is 0 Å². The van der Waals surface area contributed by atoms with E-state index in [1.54, 1.807) is 0 Å². The lowest BCUT2D eigenvalue weighted by Gasteiger charge is -2.29. The fraction of sp³-hybridized carbons (Fsp3) is 0.429. The third-order valence-electron chi connectivity index (χ3n) is 5.54. The van der Waals surface area contributed by atoms with Gasteiger partial charge in [-0.2, -0.15) is 0 Å². The molecule has 0 amide bonds. The first-order valence-electron chi connectivity index (χ1n) is 9.35. The van der Waals surface area contributed by atoms with E-state index in [2.05, 4.69) is 6.92 Å². The van der Waals surface area contributed by atoms with Crippen molar-refractivity contribution in [3.8, 4) is 11.1 Å². The van der Waals surface area contributed by atoms with Gasteiger partial charge < -0.3 is 10.0 Å². The van der Waals surface area contributed by atoms with Crippen LogP contribution in [0, 0.1) is 11.7 Å². The fourth-order valence-corrected chi connectivity index (χ4v) is 4.22. The highest BCUT2D eigenvalue weighted by Crippen LogP contribution is 2.38. The number of hydrogen-bond acceptors (Lipinski definition) is 2. The molecule has 1 aliphatic carbocycles. The van der Waals surface area contributed by atoms with Gasteiger partial charge in [-0.3, -0.25) is 0 Å². The van der Waals surface area contributed by atoms with Crippen LogP contribution in [-0.2, 0) is 0 Å². The van der Waals surface area contributed by atoms with Crippen LogP contribution in [0.15, 0.2) is 42.5 Å². The van der Waals surface area contributed by atoms with Crippen LogP contribution in [-0.4, -0.2) is 17.2 Å². The van der Waals surface area contributed by atoms with Gasteiger partial charge >= 0.3 is 7.12 Å². The SMILES string of the molecule is CCCC1CCC(c2ccc(-c3ccccc3)c(B(O)O)c2F)CC1. The van der Waals surface area contributed by atoms with Crippen molar-refractivity contribution >= 4 is 12.6 Å². The highest BCUT2D eigenvalue weighted by atomic mass is 19.1. The summed E-state index contributed by atoms with van der Waals surface area (Å²) in [6, 6.07) is 13.0. The molecule has 2 aromatic rings. The molecule has 0 bridgehead atoms. The lowest BCUT2D eigenvalue weighted by atomic mass is 9.71. The van der Waals surface area contributed by atoms with Crippen LogP contribution in [0.3, 0.4) is 0 Å². The fourth-order valence-electron chi connectivity index (χ4n) is 4.22. The van der Waals surface area contributed by atoms with Gasteiger partial charge in [0.2, 0.25) is 0 Å². The van der Waals surface area contributed by atoms with Crippen LogP contribution in [0.25, 0.3) is 11.1 Å². The van der Waals surface area contributed by atoms with Gasteiger partial charge in [-0.25, -0.2) is 4.39 Å². The number of hydrogen-bond donors (Lipinski definition) is 2. The van der Waals surface area contributed by atoms with E-state index < -0.39 is 12.9 Å². The Balaban J connectivity index is 1.91. The summed E-state index contributed by atoms with van der Waals surface area (Å²) in [4.78, 5) is 0. The van der Waals surface area contributed by atoms with E-state index in [0.717, 1.165) is 37.2 Å². The molecule has 4 heteroatoms. The minimum Gasteiger partial charge on any atom is -0.423 e. The Morgan fingerprint density at radius 2 is 1.68 bits per heavy atom. The topological polar surface area (TPSA) is 40.5 Å². The molecule has 1 saturated carbocycles. The molecule has 2 N–H and O–H groups in total. The second kappa shape index (κ2) is 8.16. The molecule has 0 saturated heterocycles. The molecule has 132 valence electrons. The van der Waals surface area contributed by atoms with Gasteiger partial charge in [0.05, 0.1) is 0 Å². The van der Waals surface area contributed by atoms with E-state index in [1.165, 1.54) is 12.8 Å². The predicted octanol–water partition coefficient (Wildman–Crippen LogP) is 4.25. The van der Waals surface area contributed by atoms with Crippen molar-refractivity contribution in [2.24, 2.45) is 5.92 Å². The first-order valence-corrected chi connectivity index (χ1v) is 9.35. The third-order valence-corrected chi connectivity index (χ3v) is 5.54.